The number of hydrogen-bond donors (Lipinski definition) is 2. The van der Waals surface area contributed by atoms with Crippen LogP contribution in [0, 0.1) is 0 Å². The molecule has 0 aromatic heterocycles. The van der Waals surface area contributed by atoms with E-state index in [0.717, 1.165) is 10.5 Å². The summed E-state index contributed by atoms with van der Waals surface area (Å²) >= 11 is 0. The van der Waals surface area contributed by atoms with Gasteiger partial charge in [0.15, 0.2) is 0 Å². The minimum atomic E-state index is -1.01. The SMILES string of the molecule is O=C1CCC(N2C(=O)c3cccc(NCCOCCOCCOCCOCCOCCOCCOCc4ccccc4)c3C2=O)C(=O)N1. The van der Waals surface area contributed by atoms with Crippen LogP contribution in [0.3, 0.4) is 0 Å². The van der Waals surface area contributed by atoms with E-state index < -0.39 is 29.7 Å². The van der Waals surface area contributed by atoms with Gasteiger partial charge in [0.05, 0.1) is 104 Å². The Kier molecular flexibility index (Phi) is 16.4. The van der Waals surface area contributed by atoms with Gasteiger partial charge in [-0.3, -0.25) is 29.4 Å². The molecule has 0 saturated carbocycles. The van der Waals surface area contributed by atoms with Gasteiger partial charge in [-0.05, 0) is 24.1 Å². The number of carbonyl (C=O) groups excluding carboxylic acids is 4. The minimum absolute atomic E-state index is 0.0697. The maximum absolute atomic E-state index is 13.1. The molecule has 1 fully saturated rings. The average molecular weight is 672 g/mol. The average Bonchev–Trinajstić information content (AvgIpc) is 3.35. The Balaban J connectivity index is 0.912. The molecule has 48 heavy (non-hydrogen) atoms. The Labute approximate surface area is 280 Å². The third-order valence-corrected chi connectivity index (χ3v) is 7.37. The van der Waals surface area contributed by atoms with Gasteiger partial charge in [-0.25, -0.2) is 0 Å². The molecule has 0 spiro atoms. The van der Waals surface area contributed by atoms with Gasteiger partial charge in [-0.1, -0.05) is 36.4 Å². The van der Waals surface area contributed by atoms with Gasteiger partial charge in [0, 0.05) is 18.7 Å². The molecule has 14 nitrogen and oxygen atoms in total. The van der Waals surface area contributed by atoms with E-state index in [1.165, 1.54) is 0 Å². The number of nitrogens with zero attached hydrogens (tertiary/aromatic N) is 1. The Bertz CT molecular complexity index is 1310. The van der Waals surface area contributed by atoms with Crippen LogP contribution in [0.4, 0.5) is 5.69 Å². The highest BCUT2D eigenvalue weighted by atomic mass is 16.6. The monoisotopic (exact) mass is 671 g/mol. The van der Waals surface area contributed by atoms with Gasteiger partial charge < -0.3 is 38.5 Å². The number of fused-ring (bicyclic) bond motifs is 1. The Hall–Kier alpha value is -3.76. The van der Waals surface area contributed by atoms with Crippen LogP contribution in [-0.4, -0.2) is 127 Å². The third kappa shape index (κ3) is 12.0. The summed E-state index contributed by atoms with van der Waals surface area (Å²) in [6.07, 6.45) is 0.178. The summed E-state index contributed by atoms with van der Waals surface area (Å²) < 4.78 is 38.6. The fourth-order valence-corrected chi connectivity index (χ4v) is 5.00. The number of amides is 4. The van der Waals surface area contributed by atoms with E-state index in [-0.39, 0.29) is 24.0 Å². The van der Waals surface area contributed by atoms with Crippen LogP contribution in [0.15, 0.2) is 48.5 Å². The second-order valence-corrected chi connectivity index (χ2v) is 10.8. The summed E-state index contributed by atoms with van der Waals surface area (Å²) in [5, 5.41) is 5.33. The predicted octanol–water partition coefficient (Wildman–Crippen LogP) is 1.82. The number of rotatable bonds is 25. The van der Waals surface area contributed by atoms with Crippen LogP contribution in [0.2, 0.25) is 0 Å². The lowest BCUT2D eigenvalue weighted by Crippen LogP contribution is -2.54. The van der Waals surface area contributed by atoms with E-state index in [1.54, 1.807) is 18.2 Å². The topological polar surface area (TPSA) is 160 Å². The molecule has 2 aliphatic heterocycles. The van der Waals surface area contributed by atoms with Gasteiger partial charge in [0.2, 0.25) is 11.8 Å². The summed E-state index contributed by atoms with van der Waals surface area (Å²) in [7, 11) is 0. The standard InChI is InChI=1S/C34H45N3O11/c38-30-10-9-29(32(39)36-30)37-33(40)27-7-4-8-28(31(27)34(37)41)35-11-12-42-13-14-43-15-16-44-17-18-45-19-20-46-21-22-47-23-24-48-25-26-5-2-1-3-6-26/h1-8,29,35H,9-25H2,(H,36,38,39). The van der Waals surface area contributed by atoms with Crippen LogP contribution in [0.25, 0.3) is 0 Å². The highest BCUT2D eigenvalue weighted by Gasteiger charge is 2.45. The first-order valence-corrected chi connectivity index (χ1v) is 16.2. The molecule has 1 unspecified atom stereocenters. The fourth-order valence-electron chi connectivity index (χ4n) is 5.00. The van der Waals surface area contributed by atoms with Crippen LogP contribution < -0.4 is 10.6 Å². The van der Waals surface area contributed by atoms with Crippen LogP contribution in [-0.2, 0) is 49.4 Å². The lowest BCUT2D eigenvalue weighted by atomic mass is 10.0. The van der Waals surface area contributed by atoms with Crippen molar-refractivity contribution in [2.75, 3.05) is 97.8 Å². The molecule has 2 N–H and O–H groups in total. The fraction of sp³-hybridized carbons (Fsp3) is 0.529. The van der Waals surface area contributed by atoms with Crippen molar-refractivity contribution in [3.05, 3.63) is 65.2 Å². The lowest BCUT2D eigenvalue weighted by Gasteiger charge is -2.27. The van der Waals surface area contributed by atoms with Gasteiger partial charge in [0.1, 0.15) is 6.04 Å². The van der Waals surface area contributed by atoms with E-state index in [4.69, 9.17) is 33.2 Å². The number of piperidine rings is 1. The maximum atomic E-state index is 13.1. The van der Waals surface area contributed by atoms with Gasteiger partial charge in [-0.15, -0.1) is 0 Å². The molecule has 2 aromatic carbocycles. The summed E-state index contributed by atoms with van der Waals surface area (Å²) in [4.78, 5) is 50.8. The predicted molar refractivity (Wildman–Crippen MR) is 173 cm³/mol. The highest BCUT2D eigenvalue weighted by Crippen LogP contribution is 2.32. The third-order valence-electron chi connectivity index (χ3n) is 7.37. The Morgan fingerprint density at radius 1 is 0.625 bits per heavy atom. The molecular weight excluding hydrogens is 626 g/mol. The zero-order valence-corrected chi connectivity index (χ0v) is 27.2. The van der Waals surface area contributed by atoms with Gasteiger partial charge in [0.25, 0.3) is 11.8 Å². The molecule has 2 heterocycles. The summed E-state index contributed by atoms with van der Waals surface area (Å²) in [6.45, 7) is 6.94. The van der Waals surface area contributed by atoms with E-state index in [0.29, 0.717) is 105 Å². The molecule has 2 aliphatic rings. The minimum Gasteiger partial charge on any atom is -0.382 e. The first-order chi connectivity index (χ1) is 23.6. The Morgan fingerprint density at radius 3 is 1.73 bits per heavy atom. The van der Waals surface area contributed by atoms with E-state index in [9.17, 15) is 19.2 Å². The summed E-state index contributed by atoms with van der Waals surface area (Å²) in [5.41, 5.74) is 2.06. The van der Waals surface area contributed by atoms with Crippen molar-refractivity contribution in [1.82, 2.24) is 10.2 Å². The van der Waals surface area contributed by atoms with Crippen molar-refractivity contribution in [2.24, 2.45) is 0 Å². The summed E-state index contributed by atoms with van der Waals surface area (Å²) in [5.74, 6) is -2.15. The lowest BCUT2D eigenvalue weighted by molar-refractivity contribution is -0.136. The molecular formula is C34H45N3O11. The smallest absolute Gasteiger partial charge is 0.264 e. The van der Waals surface area contributed by atoms with Gasteiger partial charge >= 0.3 is 0 Å². The van der Waals surface area contributed by atoms with Gasteiger partial charge in [-0.2, -0.15) is 0 Å². The Morgan fingerprint density at radius 2 is 1.17 bits per heavy atom. The molecule has 14 heteroatoms. The van der Waals surface area contributed by atoms with Crippen LogP contribution in [0.5, 0.6) is 0 Å². The first-order valence-electron chi connectivity index (χ1n) is 16.2. The molecule has 0 aliphatic carbocycles. The number of anilines is 1. The normalized spacial score (nSPS) is 16.0. The van der Waals surface area contributed by atoms with Crippen molar-refractivity contribution in [1.29, 1.82) is 0 Å². The molecule has 262 valence electrons. The molecule has 0 radical (unpaired) electrons. The maximum Gasteiger partial charge on any atom is 0.264 e. The number of benzene rings is 2. The number of ether oxygens (including phenoxy) is 7. The summed E-state index contributed by atoms with van der Waals surface area (Å²) in [6, 6.07) is 13.9. The van der Waals surface area contributed by atoms with E-state index in [1.807, 2.05) is 30.3 Å². The van der Waals surface area contributed by atoms with E-state index >= 15 is 0 Å². The second-order valence-electron chi connectivity index (χ2n) is 10.8. The molecule has 1 saturated heterocycles. The van der Waals surface area contributed by atoms with Crippen LogP contribution >= 0.6 is 0 Å². The van der Waals surface area contributed by atoms with E-state index in [2.05, 4.69) is 10.6 Å². The highest BCUT2D eigenvalue weighted by molar-refractivity contribution is 6.25. The molecule has 1 atom stereocenters. The number of nitrogens with one attached hydrogen (secondary N) is 2. The van der Waals surface area contributed by atoms with Crippen molar-refractivity contribution >= 4 is 29.3 Å². The zero-order chi connectivity index (χ0) is 33.8. The number of carbonyl (C=O) groups is 4. The first kappa shape index (κ1) is 37.1. The quantitative estimate of drug-likeness (QED) is 0.117. The molecule has 0 bridgehead atoms. The van der Waals surface area contributed by atoms with Crippen molar-refractivity contribution in [3.8, 4) is 0 Å². The second kappa shape index (κ2) is 21.3. The van der Waals surface area contributed by atoms with Crippen molar-refractivity contribution in [2.45, 2.75) is 25.5 Å². The number of hydrogen-bond acceptors (Lipinski definition) is 12. The van der Waals surface area contributed by atoms with Crippen molar-refractivity contribution in [3.63, 3.8) is 0 Å². The number of imide groups is 2. The molecule has 4 rings (SSSR count). The van der Waals surface area contributed by atoms with Crippen LogP contribution in [0.1, 0.15) is 39.1 Å². The largest absolute Gasteiger partial charge is 0.382 e. The zero-order valence-electron chi connectivity index (χ0n) is 27.2. The van der Waals surface area contributed by atoms with Crippen molar-refractivity contribution < 1.29 is 52.3 Å². The molecule has 2 aromatic rings. The molecule has 4 amide bonds.